The summed E-state index contributed by atoms with van der Waals surface area (Å²) in [6.07, 6.45) is 1.23. The summed E-state index contributed by atoms with van der Waals surface area (Å²) >= 11 is 4.05. The van der Waals surface area contributed by atoms with E-state index in [9.17, 15) is 22.0 Å². The maximum Gasteiger partial charge on any atom is 0 e. The fraction of sp³-hybridized carbons (Fsp3) is 0.500. The van der Waals surface area contributed by atoms with Gasteiger partial charge in [0.2, 0.25) is 0 Å². The summed E-state index contributed by atoms with van der Waals surface area (Å²) in [4.78, 5) is 0. The molecule has 0 bridgehead atoms. The number of hydrogen-bond donors (Lipinski definition) is 0. The van der Waals surface area contributed by atoms with Crippen molar-refractivity contribution in [2.24, 2.45) is 0 Å². The number of halogens is 7. The zero-order valence-corrected chi connectivity index (χ0v) is 18.6. The molecule has 1 radical (unpaired) electrons. The molecule has 0 saturated carbocycles. The molecule has 1 aromatic carbocycles. The van der Waals surface area contributed by atoms with E-state index in [2.05, 4.69) is 22.6 Å². The minimum absolute atomic E-state index is 0. The van der Waals surface area contributed by atoms with Crippen molar-refractivity contribution in [3.63, 3.8) is 0 Å². The molecule has 0 aliphatic heterocycles. The maximum absolute atomic E-state index is 14.1. The molecule has 0 aliphatic rings. The van der Waals surface area contributed by atoms with Crippen LogP contribution in [0.15, 0.2) is 0 Å². The van der Waals surface area contributed by atoms with Gasteiger partial charge in [0.1, 0.15) is 0 Å². The van der Waals surface area contributed by atoms with E-state index in [-0.39, 0.29) is 22.4 Å². The van der Waals surface area contributed by atoms with Gasteiger partial charge in [0.05, 0.1) is 0 Å². The molecule has 0 spiro atoms. The standard InChI is InChI=1S/C12H14F5I2P.Au/c1-3-20(19,4-2,6-5-18)12-10(16)8(14)7(13)9(15)11(12)17;/h3-6H2,1-2H3;. The molecule has 1 rings (SSSR count). The van der Waals surface area contributed by atoms with Gasteiger partial charge in [-0.3, -0.25) is 0 Å². The maximum atomic E-state index is 14.1. The minimum atomic E-state index is -3.22. The molecule has 0 heterocycles. The van der Waals surface area contributed by atoms with Gasteiger partial charge in [0, 0.05) is 22.4 Å². The third-order valence-corrected chi connectivity index (χ3v) is 17.8. The monoisotopic (exact) mass is 735 g/mol. The van der Waals surface area contributed by atoms with E-state index in [1.807, 2.05) is 22.0 Å². The van der Waals surface area contributed by atoms with Crippen molar-refractivity contribution in [3.8, 4) is 0 Å². The van der Waals surface area contributed by atoms with Crippen LogP contribution >= 0.6 is 48.9 Å². The average Bonchev–Trinajstić information content (AvgIpc) is 2.43. The second-order valence-corrected chi connectivity index (χ2v) is 18.6. The van der Waals surface area contributed by atoms with Crippen molar-refractivity contribution in [1.82, 2.24) is 0 Å². The first-order valence-corrected chi connectivity index (χ1v) is 13.1. The van der Waals surface area contributed by atoms with E-state index >= 15 is 0 Å². The summed E-state index contributed by atoms with van der Waals surface area (Å²) in [7, 11) is 0. The zero-order chi connectivity index (χ0) is 15.7. The smallest absolute Gasteiger partial charge is 0 e. The van der Waals surface area contributed by atoms with Crippen LogP contribution in [0.2, 0.25) is 0 Å². The van der Waals surface area contributed by atoms with E-state index in [4.69, 9.17) is 0 Å². The Morgan fingerprint density at radius 1 is 0.810 bits per heavy atom. The number of alkyl halides is 1. The van der Waals surface area contributed by atoms with Gasteiger partial charge in [-0.1, -0.05) is 0 Å². The van der Waals surface area contributed by atoms with Gasteiger partial charge < -0.3 is 0 Å². The van der Waals surface area contributed by atoms with Crippen LogP contribution in [0.5, 0.6) is 0 Å². The Balaban J connectivity index is 0.00000400. The first-order valence-electron chi connectivity index (χ1n) is 5.97. The summed E-state index contributed by atoms with van der Waals surface area (Å²) in [5.41, 5.74) is 0. The molecule has 0 atom stereocenters. The Kier molecular flexibility index (Phi) is 8.63. The number of rotatable bonds is 5. The van der Waals surface area contributed by atoms with Crippen LogP contribution in [0.3, 0.4) is 0 Å². The zero-order valence-electron chi connectivity index (χ0n) is 11.2. The van der Waals surface area contributed by atoms with Crippen molar-refractivity contribution in [1.29, 1.82) is 0 Å². The van der Waals surface area contributed by atoms with Crippen LogP contribution < -0.4 is 5.30 Å². The van der Waals surface area contributed by atoms with Crippen LogP contribution in [0.25, 0.3) is 0 Å². The Morgan fingerprint density at radius 2 is 1.14 bits per heavy atom. The van der Waals surface area contributed by atoms with E-state index in [0.29, 0.717) is 22.9 Å². The topological polar surface area (TPSA) is 0 Å². The molecular weight excluding hydrogens is 721 g/mol. The summed E-state index contributed by atoms with van der Waals surface area (Å²) in [6.45, 7) is 3.50. The van der Waals surface area contributed by atoms with Crippen molar-refractivity contribution in [2.75, 3.05) is 22.9 Å². The largest absolute Gasteiger partial charge is 0 e. The third-order valence-electron chi connectivity index (χ3n) is 3.79. The fourth-order valence-electron chi connectivity index (χ4n) is 2.25. The molecule has 0 unspecified atom stereocenters. The van der Waals surface area contributed by atoms with Gasteiger partial charge in [-0.2, -0.15) is 0 Å². The van der Waals surface area contributed by atoms with Crippen LogP contribution in [0, 0.1) is 29.1 Å². The normalized spacial score (nSPS) is 13.5. The molecule has 127 valence electrons. The van der Waals surface area contributed by atoms with Crippen LogP contribution in [0.1, 0.15) is 13.8 Å². The van der Waals surface area contributed by atoms with Crippen LogP contribution in [0.4, 0.5) is 22.0 Å². The first-order chi connectivity index (χ1) is 9.16. The van der Waals surface area contributed by atoms with E-state index in [1.165, 1.54) is 0 Å². The number of hydrogen-bond acceptors (Lipinski definition) is 0. The van der Waals surface area contributed by atoms with Gasteiger partial charge in [0.25, 0.3) is 0 Å². The molecule has 0 fully saturated rings. The van der Waals surface area contributed by atoms with Gasteiger partial charge in [-0.25, -0.2) is 0 Å². The molecule has 0 N–H and O–H groups in total. The van der Waals surface area contributed by atoms with Crippen LogP contribution in [-0.4, -0.2) is 22.9 Å². The number of benzene rings is 1. The molecule has 21 heavy (non-hydrogen) atoms. The van der Waals surface area contributed by atoms with Crippen molar-refractivity contribution in [3.05, 3.63) is 29.1 Å². The molecule has 1 aromatic rings. The van der Waals surface area contributed by atoms with Crippen molar-refractivity contribution < 1.29 is 44.3 Å². The molecule has 0 amide bonds. The molecule has 0 nitrogen and oxygen atoms in total. The SMILES string of the molecule is CCP(I)(CC)(CCI)c1c(F)c(F)c(F)c(F)c1F.[Au]. The van der Waals surface area contributed by atoms with E-state index in [0.717, 1.165) is 0 Å². The van der Waals surface area contributed by atoms with E-state index < -0.39 is 38.6 Å². The van der Waals surface area contributed by atoms with Crippen LogP contribution in [-0.2, 0) is 22.4 Å². The predicted octanol–water partition coefficient (Wildman–Crippen LogP) is 5.38. The van der Waals surface area contributed by atoms with Gasteiger partial charge in [-0.15, -0.1) is 0 Å². The second kappa shape index (κ2) is 8.05. The predicted molar refractivity (Wildman–Crippen MR) is 91.6 cm³/mol. The fourth-order valence-corrected chi connectivity index (χ4v) is 14.0. The molecule has 0 aliphatic carbocycles. The summed E-state index contributed by atoms with van der Waals surface area (Å²) in [5, 5.41) is -0.574. The van der Waals surface area contributed by atoms with E-state index in [1.54, 1.807) is 13.8 Å². The quantitative estimate of drug-likeness (QED) is 0.0726. The molecule has 0 aromatic heterocycles. The van der Waals surface area contributed by atoms with Gasteiger partial charge in [-0.05, 0) is 0 Å². The first kappa shape index (κ1) is 22.5. The molecule has 9 heteroatoms. The Labute approximate surface area is 163 Å². The average molecular weight is 735 g/mol. The van der Waals surface area contributed by atoms with Crippen molar-refractivity contribution >= 4 is 54.2 Å². The minimum Gasteiger partial charge on any atom is 0 e. The molecule has 0 saturated heterocycles. The Bertz CT molecular complexity index is 508. The third kappa shape index (κ3) is 3.78. The molecular formula is C12H14AuF5I2P. The Hall–Kier alpha value is 1.50. The Morgan fingerprint density at radius 3 is 1.43 bits per heavy atom. The van der Waals surface area contributed by atoms with Gasteiger partial charge in [0.15, 0.2) is 0 Å². The van der Waals surface area contributed by atoms with Crippen molar-refractivity contribution in [2.45, 2.75) is 13.8 Å². The summed E-state index contributed by atoms with van der Waals surface area (Å²) < 4.78 is 65.8. The summed E-state index contributed by atoms with van der Waals surface area (Å²) in [5.74, 6) is -9.12. The second-order valence-electron chi connectivity index (χ2n) is 4.55. The summed E-state index contributed by atoms with van der Waals surface area (Å²) in [6, 6.07) is 0. The van der Waals surface area contributed by atoms with Gasteiger partial charge >= 0.3 is 142 Å².